The summed E-state index contributed by atoms with van der Waals surface area (Å²) in [5.41, 5.74) is 1.17. The minimum absolute atomic E-state index is 0.0384. The van der Waals surface area contributed by atoms with Crippen LogP contribution in [0.1, 0.15) is 54.9 Å². The molecule has 0 amide bonds. The number of esters is 1. The van der Waals surface area contributed by atoms with Crippen LogP contribution in [0.3, 0.4) is 0 Å². The predicted molar refractivity (Wildman–Crippen MR) is 81.0 cm³/mol. The fourth-order valence-electron chi connectivity index (χ4n) is 3.45. The zero-order chi connectivity index (χ0) is 14.8. The van der Waals surface area contributed by atoms with Crippen molar-refractivity contribution in [2.45, 2.75) is 44.6 Å². The highest BCUT2D eigenvalue weighted by atomic mass is 16.5. The number of pyridine rings is 1. The molecule has 0 spiro atoms. The van der Waals surface area contributed by atoms with Crippen LogP contribution in [0.5, 0.6) is 0 Å². The number of methoxy groups -OCH3 is 1. The molecule has 114 valence electrons. The van der Waals surface area contributed by atoms with E-state index in [2.05, 4.69) is 4.90 Å². The fraction of sp³-hybridized carbons (Fsp3) is 0.625. The Hall–Kier alpha value is -1.78. The van der Waals surface area contributed by atoms with Crippen molar-refractivity contribution in [1.82, 2.24) is 4.57 Å². The summed E-state index contributed by atoms with van der Waals surface area (Å²) in [6.07, 6.45) is 8.23. The Morgan fingerprint density at radius 3 is 2.48 bits per heavy atom. The maximum absolute atomic E-state index is 12.8. The van der Waals surface area contributed by atoms with Gasteiger partial charge in [-0.15, -0.1) is 0 Å². The SMILES string of the molecule is COC(=O)c1cc(N2CCCC2)c(=O)n(C2CCCC2)c1. The summed E-state index contributed by atoms with van der Waals surface area (Å²) >= 11 is 0. The quantitative estimate of drug-likeness (QED) is 0.802. The van der Waals surface area contributed by atoms with Crippen LogP contribution in [-0.4, -0.2) is 30.7 Å². The van der Waals surface area contributed by atoms with Crippen LogP contribution in [0.25, 0.3) is 0 Å². The number of ether oxygens (including phenoxy) is 1. The van der Waals surface area contributed by atoms with E-state index >= 15 is 0 Å². The minimum atomic E-state index is -0.373. The van der Waals surface area contributed by atoms with E-state index in [4.69, 9.17) is 4.74 Å². The lowest BCUT2D eigenvalue weighted by atomic mass is 10.2. The molecule has 1 aromatic heterocycles. The molecule has 3 rings (SSSR count). The summed E-state index contributed by atoms with van der Waals surface area (Å²) in [6.45, 7) is 1.79. The molecule has 2 aliphatic rings. The number of aromatic nitrogens is 1. The van der Waals surface area contributed by atoms with E-state index in [1.165, 1.54) is 7.11 Å². The maximum Gasteiger partial charge on any atom is 0.339 e. The van der Waals surface area contributed by atoms with Crippen molar-refractivity contribution in [3.63, 3.8) is 0 Å². The van der Waals surface area contributed by atoms with Crippen molar-refractivity contribution in [2.24, 2.45) is 0 Å². The van der Waals surface area contributed by atoms with Crippen molar-refractivity contribution in [2.75, 3.05) is 25.1 Å². The summed E-state index contributed by atoms with van der Waals surface area (Å²) in [5.74, 6) is -0.373. The third-order valence-corrected chi connectivity index (χ3v) is 4.61. The Bertz CT molecular complexity index is 541. The van der Waals surface area contributed by atoms with Gasteiger partial charge in [0.05, 0.1) is 12.7 Å². The van der Waals surface area contributed by atoms with Crippen LogP contribution in [0.4, 0.5) is 5.69 Å². The van der Waals surface area contributed by atoms with Crippen molar-refractivity contribution >= 4 is 11.7 Å². The first-order valence-corrected chi connectivity index (χ1v) is 7.80. The standard InChI is InChI=1S/C16H22N2O3/c1-21-16(20)12-10-14(17-8-4-5-9-17)15(19)18(11-12)13-6-2-3-7-13/h10-11,13H,2-9H2,1H3. The molecule has 1 aliphatic heterocycles. The Morgan fingerprint density at radius 1 is 1.19 bits per heavy atom. The van der Waals surface area contributed by atoms with Crippen LogP contribution >= 0.6 is 0 Å². The largest absolute Gasteiger partial charge is 0.465 e. The van der Waals surface area contributed by atoms with Crippen molar-refractivity contribution < 1.29 is 9.53 Å². The third kappa shape index (κ3) is 2.69. The van der Waals surface area contributed by atoms with Gasteiger partial charge in [0.15, 0.2) is 0 Å². The van der Waals surface area contributed by atoms with E-state index in [1.807, 2.05) is 0 Å². The molecule has 1 aromatic rings. The maximum atomic E-state index is 12.8. The molecule has 0 unspecified atom stereocenters. The van der Waals surface area contributed by atoms with E-state index in [0.29, 0.717) is 11.3 Å². The van der Waals surface area contributed by atoms with E-state index in [-0.39, 0.29) is 17.6 Å². The van der Waals surface area contributed by atoms with Gasteiger partial charge in [-0.1, -0.05) is 12.8 Å². The molecule has 0 atom stereocenters. The molecule has 0 N–H and O–H groups in total. The Morgan fingerprint density at radius 2 is 1.86 bits per heavy atom. The molecule has 5 nitrogen and oxygen atoms in total. The zero-order valence-corrected chi connectivity index (χ0v) is 12.5. The van der Waals surface area contributed by atoms with Gasteiger partial charge in [0.2, 0.25) is 0 Å². The van der Waals surface area contributed by atoms with E-state index in [0.717, 1.165) is 51.6 Å². The van der Waals surface area contributed by atoms with Crippen molar-refractivity contribution in [3.05, 3.63) is 28.2 Å². The smallest absolute Gasteiger partial charge is 0.339 e. The average Bonchev–Trinajstić information content (AvgIpc) is 3.19. The minimum Gasteiger partial charge on any atom is -0.465 e. The van der Waals surface area contributed by atoms with E-state index < -0.39 is 0 Å². The summed E-state index contributed by atoms with van der Waals surface area (Å²) in [6, 6.07) is 1.92. The van der Waals surface area contributed by atoms with Gasteiger partial charge in [-0.2, -0.15) is 0 Å². The Kier molecular flexibility index (Phi) is 3.99. The van der Waals surface area contributed by atoms with Crippen LogP contribution in [0.15, 0.2) is 17.1 Å². The highest BCUT2D eigenvalue weighted by molar-refractivity contribution is 5.90. The van der Waals surface area contributed by atoms with Crippen molar-refractivity contribution in [1.29, 1.82) is 0 Å². The second-order valence-corrected chi connectivity index (χ2v) is 5.95. The number of hydrogen-bond acceptors (Lipinski definition) is 4. The van der Waals surface area contributed by atoms with Crippen LogP contribution in [-0.2, 0) is 4.74 Å². The highest BCUT2D eigenvalue weighted by Gasteiger charge is 2.24. The lowest BCUT2D eigenvalue weighted by Crippen LogP contribution is -2.32. The first-order chi connectivity index (χ1) is 10.2. The molecule has 1 aliphatic carbocycles. The molecular weight excluding hydrogens is 268 g/mol. The predicted octanol–water partition coefficient (Wildman–Crippen LogP) is 2.35. The fourth-order valence-corrected chi connectivity index (χ4v) is 3.45. The zero-order valence-electron chi connectivity index (χ0n) is 12.5. The summed E-state index contributed by atoms with van der Waals surface area (Å²) < 4.78 is 6.61. The van der Waals surface area contributed by atoms with E-state index in [9.17, 15) is 9.59 Å². The van der Waals surface area contributed by atoms with Gasteiger partial charge < -0.3 is 14.2 Å². The number of rotatable bonds is 3. The molecule has 1 saturated carbocycles. The summed E-state index contributed by atoms with van der Waals surface area (Å²) in [7, 11) is 1.38. The molecule has 2 heterocycles. The van der Waals surface area contributed by atoms with Gasteiger partial charge in [0, 0.05) is 25.3 Å². The second kappa shape index (κ2) is 5.92. The molecule has 5 heteroatoms. The van der Waals surface area contributed by atoms with Gasteiger partial charge in [-0.05, 0) is 31.7 Å². The van der Waals surface area contributed by atoms with Crippen LogP contribution in [0, 0.1) is 0 Å². The Balaban J connectivity index is 2.07. The first-order valence-electron chi connectivity index (χ1n) is 7.80. The molecule has 0 radical (unpaired) electrons. The second-order valence-electron chi connectivity index (χ2n) is 5.95. The first kappa shape index (κ1) is 14.2. The van der Waals surface area contributed by atoms with Gasteiger partial charge in [0.25, 0.3) is 5.56 Å². The number of hydrogen-bond donors (Lipinski definition) is 0. The normalized spacial score (nSPS) is 19.2. The molecule has 0 bridgehead atoms. The number of carbonyl (C=O) groups excluding carboxylic acids is 1. The molecule has 21 heavy (non-hydrogen) atoms. The van der Waals surface area contributed by atoms with Crippen molar-refractivity contribution in [3.8, 4) is 0 Å². The lowest BCUT2D eigenvalue weighted by molar-refractivity contribution is 0.0599. The third-order valence-electron chi connectivity index (χ3n) is 4.61. The number of anilines is 1. The Labute approximate surface area is 124 Å². The molecule has 0 aromatic carbocycles. The summed E-state index contributed by atoms with van der Waals surface area (Å²) in [5, 5.41) is 0. The molecule has 2 fully saturated rings. The number of nitrogens with zero attached hydrogens (tertiary/aromatic N) is 2. The van der Waals surface area contributed by atoms with Crippen LogP contribution in [0.2, 0.25) is 0 Å². The number of carbonyl (C=O) groups is 1. The van der Waals surface area contributed by atoms with Gasteiger partial charge in [-0.25, -0.2) is 4.79 Å². The van der Waals surface area contributed by atoms with Crippen LogP contribution < -0.4 is 10.5 Å². The monoisotopic (exact) mass is 290 g/mol. The van der Waals surface area contributed by atoms with Gasteiger partial charge >= 0.3 is 5.97 Å². The van der Waals surface area contributed by atoms with Gasteiger partial charge in [0.1, 0.15) is 5.69 Å². The van der Waals surface area contributed by atoms with E-state index in [1.54, 1.807) is 16.8 Å². The van der Waals surface area contributed by atoms with Gasteiger partial charge in [-0.3, -0.25) is 4.79 Å². The summed E-state index contributed by atoms with van der Waals surface area (Å²) in [4.78, 5) is 26.8. The molecular formula is C16H22N2O3. The lowest BCUT2D eigenvalue weighted by Gasteiger charge is -2.21. The molecule has 1 saturated heterocycles. The average molecular weight is 290 g/mol. The topological polar surface area (TPSA) is 51.5 Å². The highest BCUT2D eigenvalue weighted by Crippen LogP contribution is 2.29.